The highest BCUT2D eigenvalue weighted by Gasteiger charge is 2.15. The number of rotatable bonds is 9. The molecule has 38 heavy (non-hydrogen) atoms. The molecule has 5 aromatic rings. The minimum atomic E-state index is -0.170. The second-order valence-corrected chi connectivity index (χ2v) is 8.78. The number of pyridine rings is 2. The monoisotopic (exact) mass is 508 g/mol. The molecule has 0 aliphatic rings. The van der Waals surface area contributed by atoms with Gasteiger partial charge in [-0.05, 0) is 54.4 Å². The van der Waals surface area contributed by atoms with Gasteiger partial charge >= 0.3 is 0 Å². The molecule has 3 heterocycles. The zero-order chi connectivity index (χ0) is 26.5. The molecule has 1 N–H and O–H groups in total. The Morgan fingerprint density at radius 2 is 1.79 bits per heavy atom. The summed E-state index contributed by atoms with van der Waals surface area (Å²) < 4.78 is 13.5. The minimum absolute atomic E-state index is 0.170. The van der Waals surface area contributed by atoms with Gasteiger partial charge in [0, 0.05) is 51.4 Å². The Morgan fingerprint density at radius 3 is 2.61 bits per heavy atom. The Hall–Kier alpha value is -4.92. The summed E-state index contributed by atoms with van der Waals surface area (Å²) in [6, 6.07) is 20.6. The van der Waals surface area contributed by atoms with E-state index >= 15 is 0 Å². The van der Waals surface area contributed by atoms with E-state index in [9.17, 15) is 4.79 Å². The van der Waals surface area contributed by atoms with Gasteiger partial charge in [0.05, 0.1) is 23.8 Å². The molecule has 0 unspecified atom stereocenters. The lowest BCUT2D eigenvalue weighted by Crippen LogP contribution is -2.29. The van der Waals surface area contributed by atoms with Crippen LogP contribution in [0.15, 0.2) is 85.3 Å². The smallest absolute Gasteiger partial charge is 0.272 e. The second kappa shape index (κ2) is 11.0. The molecule has 9 heteroatoms. The Balaban J connectivity index is 1.29. The first-order valence-corrected chi connectivity index (χ1v) is 12.2. The van der Waals surface area contributed by atoms with Crippen molar-refractivity contribution in [3.63, 3.8) is 0 Å². The Bertz CT molecular complexity index is 1570. The number of fused-ring (bicyclic) bond motifs is 1. The largest absolute Gasteiger partial charge is 0.495 e. The van der Waals surface area contributed by atoms with Crippen LogP contribution in [0.5, 0.6) is 17.2 Å². The highest BCUT2D eigenvalue weighted by molar-refractivity contribution is 5.92. The molecule has 0 aliphatic carbocycles. The molecule has 9 nitrogen and oxygen atoms in total. The Labute approximate surface area is 220 Å². The molecule has 5 rings (SSSR count). The number of aryl methyl sites for hydroxylation is 1. The zero-order valence-electron chi connectivity index (χ0n) is 21.5. The maximum Gasteiger partial charge on any atom is 0.272 e. The number of carbonyl (C=O) groups excluding carboxylic acids is 1. The molecule has 0 spiro atoms. The maximum absolute atomic E-state index is 12.9. The number of benzene rings is 2. The molecule has 0 saturated heterocycles. The third-order valence-corrected chi connectivity index (χ3v) is 6.22. The summed E-state index contributed by atoms with van der Waals surface area (Å²) in [5.74, 6) is 2.36. The number of para-hydroxylation sites is 2. The van der Waals surface area contributed by atoms with Crippen LogP contribution in [0, 0.1) is 0 Å². The molecule has 0 aliphatic heterocycles. The summed E-state index contributed by atoms with van der Waals surface area (Å²) >= 11 is 0. The maximum atomic E-state index is 12.9. The van der Waals surface area contributed by atoms with Crippen LogP contribution in [0.25, 0.3) is 11.0 Å². The highest BCUT2D eigenvalue weighted by Crippen LogP contribution is 2.30. The highest BCUT2D eigenvalue weighted by atomic mass is 16.5. The first-order valence-electron chi connectivity index (χ1n) is 12.2. The van der Waals surface area contributed by atoms with Crippen LogP contribution in [-0.2, 0) is 13.5 Å². The molecular formula is C29H28N6O3. The van der Waals surface area contributed by atoms with Gasteiger partial charge in [0.2, 0.25) is 5.95 Å². The van der Waals surface area contributed by atoms with E-state index in [1.807, 2.05) is 66.2 Å². The number of imidazole rings is 1. The van der Waals surface area contributed by atoms with Crippen molar-refractivity contribution in [2.75, 3.05) is 26.0 Å². The molecule has 0 bridgehead atoms. The summed E-state index contributed by atoms with van der Waals surface area (Å²) in [5, 5.41) is 3.33. The van der Waals surface area contributed by atoms with Crippen LogP contribution in [0.2, 0.25) is 0 Å². The lowest BCUT2D eigenvalue weighted by atomic mass is 10.2. The van der Waals surface area contributed by atoms with Crippen LogP contribution in [0.1, 0.15) is 16.1 Å². The van der Waals surface area contributed by atoms with Crippen molar-refractivity contribution < 1.29 is 14.3 Å². The van der Waals surface area contributed by atoms with E-state index in [-0.39, 0.29) is 5.91 Å². The van der Waals surface area contributed by atoms with E-state index in [4.69, 9.17) is 14.5 Å². The molecule has 2 aromatic carbocycles. The number of methoxy groups -OCH3 is 1. The molecular weight excluding hydrogens is 480 g/mol. The number of nitrogens with one attached hydrogen (secondary N) is 1. The van der Waals surface area contributed by atoms with E-state index in [1.54, 1.807) is 49.8 Å². The zero-order valence-corrected chi connectivity index (χ0v) is 21.5. The number of anilines is 2. The molecule has 0 radical (unpaired) electrons. The third kappa shape index (κ3) is 5.41. The summed E-state index contributed by atoms with van der Waals surface area (Å²) in [6.07, 6.45) is 5.81. The molecule has 0 saturated carbocycles. The van der Waals surface area contributed by atoms with E-state index in [1.165, 1.54) is 0 Å². The predicted octanol–water partition coefficient (Wildman–Crippen LogP) is 5.22. The lowest BCUT2D eigenvalue weighted by Gasteiger charge is -2.17. The van der Waals surface area contributed by atoms with Crippen LogP contribution in [0.4, 0.5) is 11.6 Å². The topological polar surface area (TPSA) is 94.4 Å². The van der Waals surface area contributed by atoms with Crippen molar-refractivity contribution in [1.82, 2.24) is 24.4 Å². The van der Waals surface area contributed by atoms with Crippen molar-refractivity contribution in [2.24, 2.45) is 7.05 Å². The fourth-order valence-electron chi connectivity index (χ4n) is 4.09. The number of aromatic nitrogens is 4. The number of ether oxygens (including phenoxy) is 2. The summed E-state index contributed by atoms with van der Waals surface area (Å²) in [6.45, 7) is 0.567. The van der Waals surface area contributed by atoms with Gasteiger partial charge in [0.15, 0.2) is 0 Å². The lowest BCUT2D eigenvalue weighted by molar-refractivity contribution is 0.0790. The van der Waals surface area contributed by atoms with Crippen LogP contribution >= 0.6 is 0 Å². The molecule has 192 valence electrons. The first kappa shape index (κ1) is 24.8. The normalized spacial score (nSPS) is 10.8. The van der Waals surface area contributed by atoms with Gasteiger partial charge in [-0.15, -0.1) is 0 Å². The number of likely N-dealkylation sites (N-methyl/N-ethyl adjacent to an activating group) is 1. The fraction of sp³-hybridized carbons (Fsp3) is 0.172. The summed E-state index contributed by atoms with van der Waals surface area (Å²) in [5.41, 5.74) is 3.97. The van der Waals surface area contributed by atoms with Gasteiger partial charge in [-0.2, -0.15) is 0 Å². The third-order valence-electron chi connectivity index (χ3n) is 6.22. The van der Waals surface area contributed by atoms with Gasteiger partial charge in [0.1, 0.15) is 22.9 Å². The van der Waals surface area contributed by atoms with E-state index < -0.39 is 0 Å². The van der Waals surface area contributed by atoms with Crippen molar-refractivity contribution in [3.05, 3.63) is 96.6 Å². The predicted molar refractivity (Wildman–Crippen MR) is 146 cm³/mol. The van der Waals surface area contributed by atoms with Crippen molar-refractivity contribution in [3.8, 4) is 17.2 Å². The SMILES string of the molecule is COc1ccccc1Nc1nc2cc(Oc3ccnc(C(=O)N(C)CCc4ccncc4)c3)ccc2n1C. The fourth-order valence-corrected chi connectivity index (χ4v) is 4.09. The number of carbonyl (C=O) groups is 1. The number of hydrogen-bond acceptors (Lipinski definition) is 7. The number of amides is 1. The quantitative estimate of drug-likeness (QED) is 0.292. The Kier molecular flexibility index (Phi) is 7.17. The van der Waals surface area contributed by atoms with Gasteiger partial charge in [-0.1, -0.05) is 12.1 Å². The van der Waals surface area contributed by atoms with E-state index in [0.29, 0.717) is 29.7 Å². The molecule has 1 amide bonds. The molecule has 0 atom stereocenters. The van der Waals surface area contributed by atoms with Crippen LogP contribution in [-0.4, -0.2) is 51.0 Å². The van der Waals surface area contributed by atoms with Crippen LogP contribution in [0.3, 0.4) is 0 Å². The minimum Gasteiger partial charge on any atom is -0.495 e. The van der Waals surface area contributed by atoms with Crippen molar-refractivity contribution in [1.29, 1.82) is 0 Å². The van der Waals surface area contributed by atoms with Crippen molar-refractivity contribution >= 4 is 28.6 Å². The van der Waals surface area contributed by atoms with Gasteiger partial charge in [0.25, 0.3) is 5.91 Å². The average Bonchev–Trinajstić information content (AvgIpc) is 3.26. The summed E-state index contributed by atoms with van der Waals surface area (Å²) in [4.78, 5) is 27.6. The van der Waals surface area contributed by atoms with Gasteiger partial charge in [-0.3, -0.25) is 14.8 Å². The molecule has 3 aromatic heterocycles. The average molecular weight is 509 g/mol. The number of nitrogens with zero attached hydrogens (tertiary/aromatic N) is 5. The van der Waals surface area contributed by atoms with E-state index in [2.05, 4.69) is 15.3 Å². The standard InChI is InChI=1S/C29H28N6O3/c1-34(17-13-20-10-14-30-15-11-20)28(36)25-19-22(12-16-31-25)38-21-8-9-26-24(18-21)33-29(35(26)2)32-23-6-4-5-7-27(23)37-3/h4-12,14-16,18-19H,13,17H2,1-3H3,(H,32,33). The van der Waals surface area contributed by atoms with Gasteiger partial charge < -0.3 is 24.3 Å². The number of hydrogen-bond donors (Lipinski definition) is 1. The molecule has 0 fully saturated rings. The van der Waals surface area contributed by atoms with Crippen molar-refractivity contribution in [2.45, 2.75) is 6.42 Å². The summed E-state index contributed by atoms with van der Waals surface area (Å²) in [7, 11) is 5.35. The Morgan fingerprint density at radius 1 is 1.00 bits per heavy atom. The van der Waals surface area contributed by atoms with E-state index in [0.717, 1.165) is 34.5 Å². The van der Waals surface area contributed by atoms with Gasteiger partial charge in [-0.25, -0.2) is 4.98 Å². The first-order chi connectivity index (χ1) is 18.5. The van der Waals surface area contributed by atoms with Crippen LogP contribution < -0.4 is 14.8 Å². The second-order valence-electron chi connectivity index (χ2n) is 8.78.